The zero-order valence-electron chi connectivity index (χ0n) is 7.91. The second-order valence-corrected chi connectivity index (χ2v) is 3.19. The number of halogens is 1. The molecular formula is C12H11ClO. The molecule has 0 saturated carbocycles. The summed E-state index contributed by atoms with van der Waals surface area (Å²) in [7, 11) is 0. The number of benzene rings is 1. The summed E-state index contributed by atoms with van der Waals surface area (Å²) < 4.78 is 0. The van der Waals surface area contributed by atoms with E-state index in [2.05, 4.69) is 0 Å². The first kappa shape index (κ1) is 10.7. The van der Waals surface area contributed by atoms with Crippen LogP contribution < -0.4 is 0 Å². The Morgan fingerprint density at radius 3 is 2.43 bits per heavy atom. The van der Waals surface area contributed by atoms with Crippen LogP contribution in [0.4, 0.5) is 0 Å². The van der Waals surface area contributed by atoms with Gasteiger partial charge in [-0.1, -0.05) is 29.8 Å². The Balaban J connectivity index is 2.75. The standard InChI is InChI=1S/C12H11ClO/c1-2-3-4-5-12(14)10-6-8-11(13)9-7-10/h2-9H,1H3/b3-2+,5-4+. The summed E-state index contributed by atoms with van der Waals surface area (Å²) in [5.41, 5.74) is 0.648. The molecule has 0 atom stereocenters. The molecule has 0 bridgehead atoms. The average molecular weight is 207 g/mol. The molecule has 0 saturated heterocycles. The molecule has 1 aromatic rings. The van der Waals surface area contributed by atoms with Crippen molar-refractivity contribution in [1.82, 2.24) is 0 Å². The van der Waals surface area contributed by atoms with E-state index in [4.69, 9.17) is 11.6 Å². The highest BCUT2D eigenvalue weighted by atomic mass is 35.5. The van der Waals surface area contributed by atoms with E-state index in [1.54, 1.807) is 30.3 Å². The Morgan fingerprint density at radius 1 is 1.21 bits per heavy atom. The predicted octanol–water partition coefficient (Wildman–Crippen LogP) is 3.66. The molecule has 1 rings (SSSR count). The molecular weight excluding hydrogens is 196 g/mol. The highest BCUT2D eigenvalue weighted by Crippen LogP contribution is 2.10. The van der Waals surface area contributed by atoms with Crippen LogP contribution in [0.5, 0.6) is 0 Å². The monoisotopic (exact) mass is 206 g/mol. The second-order valence-electron chi connectivity index (χ2n) is 2.76. The smallest absolute Gasteiger partial charge is 0.185 e. The Labute approximate surface area is 88.7 Å². The molecule has 0 amide bonds. The molecule has 0 N–H and O–H groups in total. The Bertz CT molecular complexity index is 360. The minimum absolute atomic E-state index is 0.0141. The van der Waals surface area contributed by atoms with Crippen LogP contribution in [-0.2, 0) is 0 Å². The highest BCUT2D eigenvalue weighted by molar-refractivity contribution is 6.30. The van der Waals surface area contributed by atoms with Gasteiger partial charge in [0.2, 0.25) is 0 Å². The fourth-order valence-electron chi connectivity index (χ4n) is 0.964. The van der Waals surface area contributed by atoms with Crippen molar-refractivity contribution in [1.29, 1.82) is 0 Å². The van der Waals surface area contributed by atoms with E-state index in [0.717, 1.165) is 0 Å². The first-order chi connectivity index (χ1) is 6.74. The van der Waals surface area contributed by atoms with Crippen molar-refractivity contribution in [2.24, 2.45) is 0 Å². The molecule has 14 heavy (non-hydrogen) atoms. The van der Waals surface area contributed by atoms with Gasteiger partial charge >= 0.3 is 0 Å². The first-order valence-electron chi connectivity index (χ1n) is 4.33. The van der Waals surface area contributed by atoms with Gasteiger partial charge in [-0.3, -0.25) is 4.79 Å². The van der Waals surface area contributed by atoms with E-state index in [-0.39, 0.29) is 5.78 Å². The van der Waals surface area contributed by atoms with E-state index >= 15 is 0 Å². The van der Waals surface area contributed by atoms with Crippen molar-refractivity contribution in [3.8, 4) is 0 Å². The van der Waals surface area contributed by atoms with Crippen molar-refractivity contribution >= 4 is 17.4 Å². The number of carbonyl (C=O) groups excluding carboxylic acids is 1. The van der Waals surface area contributed by atoms with Crippen molar-refractivity contribution in [2.45, 2.75) is 6.92 Å². The van der Waals surface area contributed by atoms with Crippen LogP contribution in [0.2, 0.25) is 5.02 Å². The summed E-state index contributed by atoms with van der Waals surface area (Å²) in [5, 5.41) is 0.638. The summed E-state index contributed by atoms with van der Waals surface area (Å²) in [6.07, 6.45) is 6.93. The third-order valence-electron chi connectivity index (χ3n) is 1.68. The maximum atomic E-state index is 11.5. The van der Waals surface area contributed by atoms with E-state index in [0.29, 0.717) is 10.6 Å². The largest absolute Gasteiger partial charge is 0.289 e. The van der Waals surface area contributed by atoms with Crippen molar-refractivity contribution in [3.63, 3.8) is 0 Å². The number of rotatable bonds is 3. The number of allylic oxidation sites excluding steroid dienone is 4. The summed E-state index contributed by atoms with van der Waals surface area (Å²) in [4.78, 5) is 11.5. The minimum atomic E-state index is -0.0141. The first-order valence-corrected chi connectivity index (χ1v) is 4.71. The van der Waals surface area contributed by atoms with Gasteiger partial charge in [0, 0.05) is 10.6 Å². The highest BCUT2D eigenvalue weighted by Gasteiger charge is 1.99. The fraction of sp³-hybridized carbons (Fsp3) is 0.0833. The van der Waals surface area contributed by atoms with Gasteiger partial charge in [-0.2, -0.15) is 0 Å². The summed E-state index contributed by atoms with van der Waals surface area (Å²) >= 11 is 5.70. The van der Waals surface area contributed by atoms with Gasteiger partial charge in [-0.15, -0.1) is 0 Å². The Hall–Kier alpha value is -1.34. The minimum Gasteiger partial charge on any atom is -0.289 e. The molecule has 0 aliphatic heterocycles. The van der Waals surface area contributed by atoms with Crippen LogP contribution in [0, 0.1) is 0 Å². The lowest BCUT2D eigenvalue weighted by molar-refractivity contribution is 0.104. The Kier molecular flexibility index (Phi) is 4.14. The lowest BCUT2D eigenvalue weighted by Crippen LogP contribution is -1.92. The van der Waals surface area contributed by atoms with Crippen LogP contribution in [0.1, 0.15) is 17.3 Å². The predicted molar refractivity (Wildman–Crippen MR) is 59.7 cm³/mol. The summed E-state index contributed by atoms with van der Waals surface area (Å²) in [5.74, 6) is -0.0141. The molecule has 0 unspecified atom stereocenters. The van der Waals surface area contributed by atoms with E-state index in [9.17, 15) is 4.79 Å². The van der Waals surface area contributed by atoms with Gasteiger partial charge in [0.1, 0.15) is 0 Å². The number of hydrogen-bond donors (Lipinski definition) is 0. The zero-order chi connectivity index (χ0) is 10.4. The van der Waals surface area contributed by atoms with Crippen molar-refractivity contribution in [2.75, 3.05) is 0 Å². The molecule has 1 nitrogen and oxygen atoms in total. The van der Waals surface area contributed by atoms with Crippen LogP contribution in [0.25, 0.3) is 0 Å². The van der Waals surface area contributed by atoms with E-state index < -0.39 is 0 Å². The molecule has 0 aliphatic rings. The number of carbonyl (C=O) groups is 1. The van der Waals surface area contributed by atoms with Crippen LogP contribution in [0.3, 0.4) is 0 Å². The summed E-state index contributed by atoms with van der Waals surface area (Å²) in [6, 6.07) is 6.84. The lowest BCUT2D eigenvalue weighted by atomic mass is 10.1. The quantitative estimate of drug-likeness (QED) is 0.419. The summed E-state index contributed by atoms with van der Waals surface area (Å²) in [6.45, 7) is 1.90. The van der Waals surface area contributed by atoms with Crippen LogP contribution in [0.15, 0.2) is 48.6 Å². The average Bonchev–Trinajstić information content (AvgIpc) is 2.19. The lowest BCUT2D eigenvalue weighted by Gasteiger charge is -1.94. The van der Waals surface area contributed by atoms with Crippen LogP contribution >= 0.6 is 11.6 Å². The molecule has 0 spiro atoms. The van der Waals surface area contributed by atoms with Gasteiger partial charge in [0.25, 0.3) is 0 Å². The van der Waals surface area contributed by atoms with Crippen molar-refractivity contribution < 1.29 is 4.79 Å². The third kappa shape index (κ3) is 3.19. The van der Waals surface area contributed by atoms with Gasteiger partial charge in [-0.05, 0) is 37.3 Å². The normalized spacial score (nSPS) is 11.3. The molecule has 0 heterocycles. The van der Waals surface area contributed by atoms with Crippen molar-refractivity contribution in [3.05, 3.63) is 59.2 Å². The van der Waals surface area contributed by atoms with Gasteiger partial charge < -0.3 is 0 Å². The van der Waals surface area contributed by atoms with Crippen LogP contribution in [-0.4, -0.2) is 5.78 Å². The van der Waals surface area contributed by atoms with E-state index in [1.165, 1.54) is 6.08 Å². The fourth-order valence-corrected chi connectivity index (χ4v) is 1.09. The van der Waals surface area contributed by atoms with Gasteiger partial charge in [0.05, 0.1) is 0 Å². The number of hydrogen-bond acceptors (Lipinski definition) is 1. The van der Waals surface area contributed by atoms with Gasteiger partial charge in [0.15, 0.2) is 5.78 Å². The molecule has 0 aromatic heterocycles. The Morgan fingerprint density at radius 2 is 1.86 bits per heavy atom. The SMILES string of the molecule is C/C=C/C=C/C(=O)c1ccc(Cl)cc1. The van der Waals surface area contributed by atoms with Gasteiger partial charge in [-0.25, -0.2) is 0 Å². The molecule has 2 heteroatoms. The molecule has 0 aliphatic carbocycles. The zero-order valence-corrected chi connectivity index (χ0v) is 8.66. The molecule has 1 aromatic carbocycles. The maximum Gasteiger partial charge on any atom is 0.185 e. The molecule has 0 radical (unpaired) electrons. The molecule has 72 valence electrons. The second kappa shape index (κ2) is 5.40. The topological polar surface area (TPSA) is 17.1 Å². The maximum absolute atomic E-state index is 11.5. The third-order valence-corrected chi connectivity index (χ3v) is 1.93. The van der Waals surface area contributed by atoms with E-state index in [1.807, 2.05) is 19.1 Å². The molecule has 0 fully saturated rings. The number of ketones is 1.